The van der Waals surface area contributed by atoms with Gasteiger partial charge in [-0.1, -0.05) is 52.7 Å². The average Bonchev–Trinajstić information content (AvgIpc) is 3.51. The lowest BCUT2D eigenvalue weighted by atomic mass is 10.0. The topological polar surface area (TPSA) is 104 Å². The Hall–Kier alpha value is -4.27. The number of nitrogens with zero attached hydrogens (tertiary/aromatic N) is 6. The van der Waals surface area contributed by atoms with Crippen molar-refractivity contribution in [3.8, 4) is 6.07 Å². The van der Waals surface area contributed by atoms with E-state index < -0.39 is 11.9 Å². The molecule has 0 amide bonds. The lowest BCUT2D eigenvalue weighted by Gasteiger charge is -2.21. The highest BCUT2D eigenvalue weighted by Crippen LogP contribution is 2.37. The van der Waals surface area contributed by atoms with Crippen LogP contribution < -0.4 is 10.6 Å². The Labute approximate surface area is 271 Å². The number of nitrogens with one attached hydrogen (secondary N) is 2. The molecule has 232 valence electrons. The maximum absolute atomic E-state index is 13.9. The Morgan fingerprint density at radius 1 is 1.07 bits per heavy atom. The van der Waals surface area contributed by atoms with E-state index in [-0.39, 0.29) is 16.6 Å². The van der Waals surface area contributed by atoms with Gasteiger partial charge in [-0.3, -0.25) is 4.98 Å². The van der Waals surface area contributed by atoms with Gasteiger partial charge in [0.1, 0.15) is 17.6 Å². The van der Waals surface area contributed by atoms with Gasteiger partial charge in [-0.2, -0.15) is 5.26 Å². The summed E-state index contributed by atoms with van der Waals surface area (Å²) in [5.74, 6) is -0.540. The first-order valence-electron chi connectivity index (χ1n) is 14.4. The van der Waals surface area contributed by atoms with Crippen molar-refractivity contribution in [3.63, 3.8) is 0 Å². The Morgan fingerprint density at radius 2 is 1.87 bits per heavy atom. The molecule has 0 spiro atoms. The number of anilines is 3. The van der Waals surface area contributed by atoms with Crippen LogP contribution in [0.25, 0.3) is 10.9 Å². The minimum absolute atomic E-state index is 0.0418. The summed E-state index contributed by atoms with van der Waals surface area (Å²) < 4.78 is 21.6. The summed E-state index contributed by atoms with van der Waals surface area (Å²) in [6, 6.07) is 18.0. The third kappa shape index (κ3) is 7.70. The quantitative estimate of drug-likeness (QED) is 0.133. The van der Waals surface area contributed by atoms with Gasteiger partial charge in [-0.25, -0.2) is 9.07 Å². The number of hydrogen-bond donors (Lipinski definition) is 2. The lowest BCUT2D eigenvalue weighted by molar-refractivity contribution is 0.105. The number of nitriles is 1. The first-order chi connectivity index (χ1) is 21.6. The van der Waals surface area contributed by atoms with Crippen LogP contribution in [0.4, 0.5) is 21.5 Å². The Bertz CT molecular complexity index is 1850. The van der Waals surface area contributed by atoms with Gasteiger partial charge in [0.2, 0.25) is 0 Å². The number of hydrogen-bond acceptors (Lipinski definition) is 8. The smallest absolute Gasteiger partial charge is 0.141 e. The molecule has 3 aromatic carbocycles. The summed E-state index contributed by atoms with van der Waals surface area (Å²) in [5.41, 5.74) is 5.13. The molecule has 9 nitrogen and oxygen atoms in total. The van der Waals surface area contributed by atoms with Gasteiger partial charge >= 0.3 is 0 Å². The molecule has 0 radical (unpaired) electrons. The van der Waals surface area contributed by atoms with Crippen LogP contribution in [0, 0.1) is 17.1 Å². The number of halogens is 3. The predicted molar refractivity (Wildman–Crippen MR) is 177 cm³/mol. The summed E-state index contributed by atoms with van der Waals surface area (Å²) in [5, 5.41) is 26.5. The Balaban J connectivity index is 1.55. The zero-order valence-corrected chi connectivity index (χ0v) is 26.9. The summed E-state index contributed by atoms with van der Waals surface area (Å²) in [6.07, 6.45) is 3.37. The zero-order valence-electron chi connectivity index (χ0n) is 25.4. The zero-order chi connectivity index (χ0) is 32.1. The normalized spacial score (nSPS) is 12.1. The Morgan fingerprint density at radius 3 is 2.58 bits per heavy atom. The van der Waals surface area contributed by atoms with Gasteiger partial charge in [0, 0.05) is 35.5 Å². The van der Waals surface area contributed by atoms with Gasteiger partial charge in [0.15, 0.2) is 0 Å². The van der Waals surface area contributed by atoms with E-state index in [1.54, 1.807) is 12.1 Å². The second-order valence-corrected chi connectivity index (χ2v) is 12.0. The van der Waals surface area contributed by atoms with Gasteiger partial charge in [0.25, 0.3) is 0 Å². The van der Waals surface area contributed by atoms with Crippen molar-refractivity contribution in [3.05, 3.63) is 105 Å². The van der Waals surface area contributed by atoms with E-state index in [0.29, 0.717) is 51.9 Å². The fourth-order valence-electron chi connectivity index (χ4n) is 4.75. The molecule has 0 unspecified atom stereocenters. The molecule has 2 N–H and O–H groups in total. The highest BCUT2D eigenvalue weighted by Gasteiger charge is 2.21. The molecule has 1 atom stereocenters. The van der Waals surface area contributed by atoms with E-state index in [9.17, 15) is 9.65 Å². The molecule has 0 aliphatic carbocycles. The molecule has 0 saturated carbocycles. The van der Waals surface area contributed by atoms with Gasteiger partial charge in [-0.05, 0) is 69.4 Å². The van der Waals surface area contributed by atoms with Crippen molar-refractivity contribution in [1.82, 2.24) is 24.9 Å². The molecule has 2 aromatic heterocycles. The third-order valence-electron chi connectivity index (χ3n) is 7.13. The monoisotopic (exact) mass is 646 g/mol. The highest BCUT2D eigenvalue weighted by atomic mass is 35.5. The fourth-order valence-corrected chi connectivity index (χ4v) is 5.20. The van der Waals surface area contributed by atoms with Crippen molar-refractivity contribution in [2.24, 2.45) is 0 Å². The number of aromatic nitrogens is 4. The SMILES string of the molecule is CC(C)n1cc([C@@H](Nc2cc(Cl)c3ncc(C#N)c(Nc4ccc(F)c(Cl)c4)c3c2)c2cccc(COCCN(C)C)c2)nn1. The third-order valence-corrected chi connectivity index (χ3v) is 7.71. The van der Waals surface area contributed by atoms with Crippen LogP contribution in [-0.4, -0.2) is 52.1 Å². The summed E-state index contributed by atoms with van der Waals surface area (Å²) in [4.78, 5) is 6.53. The van der Waals surface area contributed by atoms with E-state index in [1.807, 2.05) is 63.1 Å². The maximum Gasteiger partial charge on any atom is 0.141 e. The van der Waals surface area contributed by atoms with Gasteiger partial charge in [0.05, 0.1) is 52.3 Å². The molecule has 12 heteroatoms. The predicted octanol–water partition coefficient (Wildman–Crippen LogP) is 7.75. The molecule has 5 aromatic rings. The largest absolute Gasteiger partial charge is 0.375 e. The molecular weight excluding hydrogens is 614 g/mol. The van der Waals surface area contributed by atoms with Crippen molar-refractivity contribution in [1.29, 1.82) is 5.26 Å². The number of ether oxygens (including phenoxy) is 1. The minimum atomic E-state index is -0.540. The van der Waals surface area contributed by atoms with Crippen LogP contribution in [-0.2, 0) is 11.3 Å². The summed E-state index contributed by atoms with van der Waals surface area (Å²) in [7, 11) is 4.02. The standard InChI is InChI=1S/C33H33Cl2FN8O/c1-20(2)44-18-30(41-42-44)32(22-7-5-6-21(12-22)19-45-11-10-43(3)4)40-25-13-26-31(39-24-8-9-29(36)27(34)14-24)23(16-37)17-38-33(26)28(35)15-25/h5-9,12-15,17-18,20,32,40H,10-11,19H2,1-4H3,(H,38,39)/t32-/m0/s1. The fraction of sp³-hybridized carbons (Fsp3) is 0.273. The molecular formula is C33H33Cl2FN8O. The molecule has 0 fully saturated rings. The Kier molecular flexibility index (Phi) is 10.2. The molecule has 0 bridgehead atoms. The van der Waals surface area contributed by atoms with E-state index in [2.05, 4.69) is 43.0 Å². The van der Waals surface area contributed by atoms with Crippen molar-refractivity contribution < 1.29 is 9.13 Å². The van der Waals surface area contributed by atoms with E-state index in [1.165, 1.54) is 18.3 Å². The first kappa shape index (κ1) is 32.1. The summed E-state index contributed by atoms with van der Waals surface area (Å²) in [6.45, 7) is 6.01. The molecule has 0 saturated heterocycles. The van der Waals surface area contributed by atoms with E-state index >= 15 is 0 Å². The van der Waals surface area contributed by atoms with Crippen LogP contribution in [0.15, 0.2) is 67.0 Å². The molecule has 45 heavy (non-hydrogen) atoms. The lowest BCUT2D eigenvalue weighted by Crippen LogP contribution is -2.18. The van der Waals surface area contributed by atoms with Gasteiger partial charge in [-0.15, -0.1) is 5.10 Å². The average molecular weight is 648 g/mol. The van der Waals surface area contributed by atoms with Gasteiger partial charge < -0.3 is 20.3 Å². The molecule has 0 aliphatic rings. The van der Waals surface area contributed by atoms with Crippen LogP contribution in [0.3, 0.4) is 0 Å². The van der Waals surface area contributed by atoms with E-state index in [0.717, 1.165) is 17.7 Å². The summed E-state index contributed by atoms with van der Waals surface area (Å²) >= 11 is 12.8. The number of pyridine rings is 1. The molecule has 0 aliphatic heterocycles. The minimum Gasteiger partial charge on any atom is -0.375 e. The number of fused-ring (bicyclic) bond motifs is 1. The number of benzene rings is 3. The van der Waals surface area contributed by atoms with E-state index in [4.69, 9.17) is 27.9 Å². The molecule has 2 heterocycles. The number of likely N-dealkylation sites (N-methyl/N-ethyl adjacent to an activating group) is 1. The van der Waals surface area contributed by atoms with Crippen LogP contribution in [0.1, 0.15) is 48.3 Å². The van der Waals surface area contributed by atoms with Crippen molar-refractivity contribution in [2.75, 3.05) is 37.9 Å². The van der Waals surface area contributed by atoms with Crippen molar-refractivity contribution >= 4 is 51.2 Å². The number of rotatable bonds is 12. The molecule has 5 rings (SSSR count). The highest BCUT2D eigenvalue weighted by molar-refractivity contribution is 6.36. The second kappa shape index (κ2) is 14.2. The maximum atomic E-state index is 13.9. The van der Waals surface area contributed by atoms with Crippen LogP contribution >= 0.6 is 23.2 Å². The van der Waals surface area contributed by atoms with Crippen LogP contribution in [0.5, 0.6) is 0 Å². The second-order valence-electron chi connectivity index (χ2n) is 11.2. The van der Waals surface area contributed by atoms with Crippen molar-refractivity contribution in [2.45, 2.75) is 32.5 Å². The first-order valence-corrected chi connectivity index (χ1v) is 15.1. The van der Waals surface area contributed by atoms with Crippen LogP contribution in [0.2, 0.25) is 10.0 Å².